The summed E-state index contributed by atoms with van der Waals surface area (Å²) in [4.78, 5) is 10.9. The van der Waals surface area contributed by atoms with Gasteiger partial charge in [-0.05, 0) is 24.3 Å². The molecule has 0 unspecified atom stereocenters. The number of hydrogen-bond donors (Lipinski definition) is 2. The third kappa shape index (κ3) is 3.18. The van der Waals surface area contributed by atoms with Gasteiger partial charge in [-0.25, -0.2) is 13.2 Å². The van der Waals surface area contributed by atoms with E-state index in [1.807, 2.05) is 18.3 Å². The van der Waals surface area contributed by atoms with Gasteiger partial charge in [0.2, 0.25) is 0 Å². The second kappa shape index (κ2) is 6.25. The second-order valence-electron chi connectivity index (χ2n) is 5.35. The standard InChI is InChI=1S/C16H12Cl2N2O4S/c1-20-6-5-9-3-2-4-13(15(9)20)19-25(23,24)10-7-11(16(21)22)14(18)12(17)8-10/h2-8,19H,1H3,(H,21,22). The number of carbonyl (C=O) groups is 1. The molecule has 0 amide bonds. The van der Waals surface area contributed by atoms with Crippen LogP contribution in [0.4, 0.5) is 5.69 Å². The Hall–Kier alpha value is -2.22. The Morgan fingerprint density at radius 2 is 1.92 bits per heavy atom. The molecule has 25 heavy (non-hydrogen) atoms. The molecule has 0 aliphatic carbocycles. The number of anilines is 1. The largest absolute Gasteiger partial charge is 0.478 e. The number of nitrogens with one attached hydrogen (secondary N) is 1. The molecule has 130 valence electrons. The van der Waals surface area contributed by atoms with Crippen molar-refractivity contribution in [1.82, 2.24) is 4.57 Å². The fraction of sp³-hybridized carbons (Fsp3) is 0.0625. The highest BCUT2D eigenvalue weighted by molar-refractivity contribution is 7.92. The Morgan fingerprint density at radius 3 is 2.60 bits per heavy atom. The number of carboxylic acid groups (broad SMARTS) is 1. The summed E-state index contributed by atoms with van der Waals surface area (Å²) in [6.45, 7) is 0. The molecule has 1 heterocycles. The lowest BCUT2D eigenvalue weighted by atomic mass is 10.2. The van der Waals surface area contributed by atoms with Crippen LogP contribution in [-0.4, -0.2) is 24.1 Å². The molecular formula is C16H12Cl2N2O4S. The third-order valence-corrected chi connectivity index (χ3v) is 5.83. The van der Waals surface area contributed by atoms with Gasteiger partial charge in [0.25, 0.3) is 10.0 Å². The van der Waals surface area contributed by atoms with E-state index in [0.717, 1.165) is 17.5 Å². The topological polar surface area (TPSA) is 88.4 Å². The van der Waals surface area contributed by atoms with Crippen LogP contribution < -0.4 is 4.72 Å². The number of halogens is 2. The molecule has 3 rings (SSSR count). The molecule has 0 bridgehead atoms. The van der Waals surface area contributed by atoms with E-state index in [0.29, 0.717) is 11.2 Å². The third-order valence-electron chi connectivity index (χ3n) is 3.68. The zero-order valence-corrected chi connectivity index (χ0v) is 15.2. The maximum absolute atomic E-state index is 12.7. The van der Waals surface area contributed by atoms with Crippen molar-refractivity contribution in [2.24, 2.45) is 7.05 Å². The average Bonchev–Trinajstić information content (AvgIpc) is 2.91. The number of aryl methyl sites for hydroxylation is 1. The average molecular weight is 399 g/mol. The molecule has 0 atom stereocenters. The zero-order valence-electron chi connectivity index (χ0n) is 12.8. The molecule has 0 saturated carbocycles. The van der Waals surface area contributed by atoms with Gasteiger partial charge in [0, 0.05) is 18.6 Å². The lowest BCUT2D eigenvalue weighted by Gasteiger charge is -2.12. The van der Waals surface area contributed by atoms with Gasteiger partial charge in [-0.3, -0.25) is 4.72 Å². The minimum Gasteiger partial charge on any atom is -0.478 e. The molecule has 0 aliphatic rings. The van der Waals surface area contributed by atoms with Crippen molar-refractivity contribution in [3.63, 3.8) is 0 Å². The van der Waals surface area contributed by atoms with Crippen molar-refractivity contribution in [2.75, 3.05) is 4.72 Å². The number of sulfonamides is 1. The normalized spacial score (nSPS) is 11.6. The fourth-order valence-corrected chi connectivity index (χ4v) is 4.11. The van der Waals surface area contributed by atoms with Crippen LogP contribution in [0.15, 0.2) is 47.5 Å². The summed E-state index contributed by atoms with van der Waals surface area (Å²) < 4.78 is 29.7. The van der Waals surface area contributed by atoms with Crippen LogP contribution in [0.2, 0.25) is 10.0 Å². The first-order chi connectivity index (χ1) is 11.7. The molecule has 3 aromatic rings. The lowest BCUT2D eigenvalue weighted by molar-refractivity contribution is 0.0697. The number of aromatic nitrogens is 1. The number of benzene rings is 2. The molecule has 0 radical (unpaired) electrons. The summed E-state index contributed by atoms with van der Waals surface area (Å²) in [6, 6.07) is 9.14. The van der Waals surface area contributed by atoms with Crippen LogP contribution in [0.25, 0.3) is 10.9 Å². The summed E-state index contributed by atoms with van der Waals surface area (Å²) in [5, 5.41) is 9.66. The van der Waals surface area contributed by atoms with E-state index < -0.39 is 16.0 Å². The zero-order chi connectivity index (χ0) is 18.4. The molecule has 2 N–H and O–H groups in total. The fourth-order valence-electron chi connectivity index (χ4n) is 2.52. The predicted octanol–water partition coefficient (Wildman–Crippen LogP) is 3.98. The first-order valence-corrected chi connectivity index (χ1v) is 9.24. The molecule has 0 fully saturated rings. The minimum absolute atomic E-state index is 0.154. The van der Waals surface area contributed by atoms with Crippen molar-refractivity contribution >= 4 is 55.8 Å². The van der Waals surface area contributed by atoms with E-state index >= 15 is 0 Å². The Labute approximate surface area is 153 Å². The number of aromatic carboxylic acids is 1. The SMILES string of the molecule is Cn1ccc2cccc(NS(=O)(=O)c3cc(Cl)c(Cl)c(C(=O)O)c3)c21. The molecule has 0 aliphatic heterocycles. The molecule has 2 aromatic carbocycles. The number of rotatable bonds is 4. The maximum atomic E-state index is 12.7. The smallest absolute Gasteiger partial charge is 0.337 e. The van der Waals surface area contributed by atoms with Crippen LogP contribution in [0.5, 0.6) is 0 Å². The molecule has 6 nitrogen and oxygen atoms in total. The predicted molar refractivity (Wildman–Crippen MR) is 97.1 cm³/mol. The minimum atomic E-state index is -4.06. The van der Waals surface area contributed by atoms with Crippen molar-refractivity contribution in [3.8, 4) is 0 Å². The summed E-state index contributed by atoms with van der Waals surface area (Å²) in [7, 11) is -2.27. The Morgan fingerprint density at radius 1 is 1.20 bits per heavy atom. The van der Waals surface area contributed by atoms with E-state index in [1.54, 1.807) is 23.7 Å². The number of nitrogens with zero attached hydrogens (tertiary/aromatic N) is 1. The quantitative estimate of drug-likeness (QED) is 0.695. The van der Waals surface area contributed by atoms with E-state index in [9.17, 15) is 13.2 Å². The van der Waals surface area contributed by atoms with Crippen LogP contribution in [-0.2, 0) is 17.1 Å². The number of fused-ring (bicyclic) bond motifs is 1. The Bertz CT molecular complexity index is 1110. The highest BCUT2D eigenvalue weighted by Gasteiger charge is 2.22. The Balaban J connectivity index is 2.11. The molecule has 1 aromatic heterocycles. The van der Waals surface area contributed by atoms with Gasteiger partial charge in [-0.1, -0.05) is 35.3 Å². The van der Waals surface area contributed by atoms with Gasteiger partial charge < -0.3 is 9.67 Å². The Kier molecular flexibility index (Phi) is 4.40. The lowest BCUT2D eigenvalue weighted by Crippen LogP contribution is -2.15. The van der Waals surface area contributed by atoms with Crippen molar-refractivity contribution < 1.29 is 18.3 Å². The van der Waals surface area contributed by atoms with Crippen molar-refractivity contribution in [2.45, 2.75) is 4.90 Å². The van der Waals surface area contributed by atoms with Gasteiger partial charge in [-0.2, -0.15) is 0 Å². The molecular weight excluding hydrogens is 387 g/mol. The number of para-hydroxylation sites is 1. The summed E-state index contributed by atoms with van der Waals surface area (Å²) in [6.07, 6.45) is 1.81. The van der Waals surface area contributed by atoms with Crippen LogP contribution in [0.3, 0.4) is 0 Å². The summed E-state index contributed by atoms with van der Waals surface area (Å²) in [5.74, 6) is -1.37. The van der Waals surface area contributed by atoms with Crippen LogP contribution >= 0.6 is 23.2 Å². The van der Waals surface area contributed by atoms with Crippen molar-refractivity contribution in [1.29, 1.82) is 0 Å². The molecule has 9 heteroatoms. The van der Waals surface area contributed by atoms with Gasteiger partial charge in [0.05, 0.1) is 31.7 Å². The van der Waals surface area contributed by atoms with Gasteiger partial charge in [0.1, 0.15) is 0 Å². The van der Waals surface area contributed by atoms with Gasteiger partial charge in [-0.15, -0.1) is 0 Å². The highest BCUT2D eigenvalue weighted by atomic mass is 35.5. The van der Waals surface area contributed by atoms with Crippen LogP contribution in [0, 0.1) is 0 Å². The first kappa shape index (κ1) is 17.6. The first-order valence-electron chi connectivity index (χ1n) is 7.00. The molecule has 0 saturated heterocycles. The van der Waals surface area contributed by atoms with Gasteiger partial charge >= 0.3 is 5.97 Å². The number of hydrogen-bond acceptors (Lipinski definition) is 3. The van der Waals surface area contributed by atoms with Crippen LogP contribution in [0.1, 0.15) is 10.4 Å². The van der Waals surface area contributed by atoms with E-state index in [2.05, 4.69) is 4.72 Å². The maximum Gasteiger partial charge on any atom is 0.337 e. The number of carboxylic acids is 1. The summed E-state index contributed by atoms with van der Waals surface area (Å²) >= 11 is 11.7. The molecule has 0 spiro atoms. The monoisotopic (exact) mass is 398 g/mol. The summed E-state index contributed by atoms with van der Waals surface area (Å²) in [5.41, 5.74) is 0.684. The van der Waals surface area contributed by atoms with Gasteiger partial charge in [0.15, 0.2) is 0 Å². The van der Waals surface area contributed by atoms with E-state index in [4.69, 9.17) is 28.3 Å². The van der Waals surface area contributed by atoms with E-state index in [-0.39, 0.29) is 20.5 Å². The second-order valence-corrected chi connectivity index (χ2v) is 7.81. The van der Waals surface area contributed by atoms with E-state index in [1.165, 1.54) is 0 Å². The highest BCUT2D eigenvalue weighted by Crippen LogP contribution is 2.31. The van der Waals surface area contributed by atoms with Crippen molar-refractivity contribution in [3.05, 3.63) is 58.2 Å².